The van der Waals surface area contributed by atoms with Gasteiger partial charge in [-0.3, -0.25) is 9.59 Å². The maximum absolute atomic E-state index is 14.1. The number of nitrogens with zero attached hydrogens (tertiary/aromatic N) is 4. The molecule has 0 saturated carbocycles. The molecule has 5 rings (SSSR count). The Morgan fingerprint density at radius 2 is 1.53 bits per heavy atom. The molecule has 2 aliphatic rings. The van der Waals surface area contributed by atoms with E-state index in [1.165, 1.54) is 0 Å². The van der Waals surface area contributed by atoms with Crippen LogP contribution in [0.25, 0.3) is 0 Å². The van der Waals surface area contributed by atoms with E-state index in [4.69, 9.17) is 0 Å². The molecule has 38 heavy (non-hydrogen) atoms. The summed E-state index contributed by atoms with van der Waals surface area (Å²) in [7, 11) is 0. The number of carbonyl (C=O) groups excluding carboxylic acids is 3. The fraction of sp³-hybridized carbons (Fsp3) is 0.300. The third-order valence-electron chi connectivity index (χ3n) is 7.39. The molecule has 3 atom stereocenters. The number of likely N-dealkylation sites (N-methyl/N-ethyl adjacent to an activating group) is 1. The predicted octanol–water partition coefficient (Wildman–Crippen LogP) is 3.95. The van der Waals surface area contributed by atoms with Crippen LogP contribution >= 0.6 is 0 Å². The van der Waals surface area contributed by atoms with E-state index in [9.17, 15) is 14.4 Å². The van der Waals surface area contributed by atoms with Crippen LogP contribution in [-0.2, 0) is 16.1 Å². The first-order chi connectivity index (χ1) is 18.5. The molecule has 0 aromatic heterocycles. The molecule has 0 spiro atoms. The molecule has 196 valence electrons. The number of hydrogen-bond acceptors (Lipinski definition) is 4. The van der Waals surface area contributed by atoms with Gasteiger partial charge in [0.2, 0.25) is 5.91 Å². The van der Waals surface area contributed by atoms with Crippen molar-refractivity contribution in [2.24, 2.45) is 0 Å². The van der Waals surface area contributed by atoms with E-state index in [1.54, 1.807) is 19.8 Å². The van der Waals surface area contributed by atoms with Gasteiger partial charge >= 0.3 is 6.03 Å². The lowest BCUT2D eigenvalue weighted by Crippen LogP contribution is -2.74. The summed E-state index contributed by atoms with van der Waals surface area (Å²) in [4.78, 5) is 44.8. The van der Waals surface area contributed by atoms with Gasteiger partial charge < -0.3 is 15.1 Å². The number of carbonyl (C=O) groups is 3. The zero-order valence-electron chi connectivity index (χ0n) is 21.7. The molecule has 0 aliphatic carbocycles. The van der Waals surface area contributed by atoms with E-state index in [2.05, 4.69) is 5.32 Å². The van der Waals surface area contributed by atoms with E-state index in [-0.39, 0.29) is 37.0 Å². The van der Waals surface area contributed by atoms with Gasteiger partial charge in [-0.25, -0.2) is 14.8 Å². The van der Waals surface area contributed by atoms with Crippen LogP contribution < -0.4 is 5.32 Å². The van der Waals surface area contributed by atoms with Gasteiger partial charge in [-0.2, -0.15) is 0 Å². The fourth-order valence-electron chi connectivity index (χ4n) is 5.39. The second-order valence-electron chi connectivity index (χ2n) is 9.64. The van der Waals surface area contributed by atoms with E-state index < -0.39 is 12.2 Å². The van der Waals surface area contributed by atoms with Crippen molar-refractivity contribution in [3.63, 3.8) is 0 Å². The monoisotopic (exact) mass is 511 g/mol. The van der Waals surface area contributed by atoms with Crippen LogP contribution in [0.15, 0.2) is 91.0 Å². The van der Waals surface area contributed by atoms with E-state index in [0.717, 1.165) is 16.7 Å². The third kappa shape index (κ3) is 4.87. The van der Waals surface area contributed by atoms with Crippen molar-refractivity contribution < 1.29 is 14.4 Å². The van der Waals surface area contributed by atoms with Crippen molar-refractivity contribution in [3.8, 4) is 0 Å². The molecule has 2 heterocycles. The van der Waals surface area contributed by atoms with Gasteiger partial charge in [-0.1, -0.05) is 97.9 Å². The maximum atomic E-state index is 14.1. The van der Waals surface area contributed by atoms with E-state index >= 15 is 0 Å². The number of urea groups is 1. The Balaban J connectivity index is 1.53. The van der Waals surface area contributed by atoms with E-state index in [1.807, 2.05) is 105 Å². The van der Waals surface area contributed by atoms with Crippen LogP contribution in [0.4, 0.5) is 4.79 Å². The quantitative estimate of drug-likeness (QED) is 0.544. The van der Waals surface area contributed by atoms with Crippen molar-refractivity contribution in [1.82, 2.24) is 25.1 Å². The van der Waals surface area contributed by atoms with Crippen molar-refractivity contribution in [2.75, 3.05) is 19.6 Å². The van der Waals surface area contributed by atoms with Gasteiger partial charge in [-0.15, -0.1) is 0 Å². The van der Waals surface area contributed by atoms with Crippen molar-refractivity contribution in [2.45, 2.75) is 38.6 Å². The van der Waals surface area contributed by atoms with Crippen LogP contribution in [-0.4, -0.2) is 63.5 Å². The summed E-state index contributed by atoms with van der Waals surface area (Å²) in [6, 6.07) is 27.6. The highest BCUT2D eigenvalue weighted by Crippen LogP contribution is 2.38. The fourth-order valence-corrected chi connectivity index (χ4v) is 5.39. The predicted molar refractivity (Wildman–Crippen MR) is 144 cm³/mol. The number of nitrogens with one attached hydrogen (secondary N) is 1. The molecule has 2 fully saturated rings. The molecular weight excluding hydrogens is 478 g/mol. The first-order valence-corrected chi connectivity index (χ1v) is 13.1. The Morgan fingerprint density at radius 1 is 0.921 bits per heavy atom. The maximum Gasteiger partial charge on any atom is 0.334 e. The van der Waals surface area contributed by atoms with Crippen LogP contribution in [0.2, 0.25) is 0 Å². The third-order valence-corrected chi connectivity index (χ3v) is 7.39. The molecule has 1 N–H and O–H groups in total. The summed E-state index contributed by atoms with van der Waals surface area (Å²) in [6.07, 6.45) is -0.652. The lowest BCUT2D eigenvalue weighted by atomic mass is 9.96. The smallest absolute Gasteiger partial charge is 0.333 e. The minimum absolute atomic E-state index is 0.0244. The van der Waals surface area contributed by atoms with Gasteiger partial charge in [0.15, 0.2) is 0 Å². The summed E-state index contributed by atoms with van der Waals surface area (Å²) in [5.41, 5.74) is 2.71. The van der Waals surface area contributed by atoms with Gasteiger partial charge in [0.1, 0.15) is 12.2 Å². The molecule has 0 radical (unpaired) electrons. The summed E-state index contributed by atoms with van der Waals surface area (Å²) in [6.45, 7) is 4.99. The molecule has 3 aromatic carbocycles. The van der Waals surface area contributed by atoms with Crippen LogP contribution in [0.3, 0.4) is 0 Å². The zero-order chi connectivity index (χ0) is 26.6. The number of rotatable bonds is 6. The molecule has 0 unspecified atom stereocenters. The summed E-state index contributed by atoms with van der Waals surface area (Å²) >= 11 is 0. The van der Waals surface area contributed by atoms with Crippen LogP contribution in [0, 0.1) is 0 Å². The van der Waals surface area contributed by atoms with Gasteiger partial charge in [0, 0.05) is 13.1 Å². The summed E-state index contributed by atoms with van der Waals surface area (Å²) < 4.78 is 0. The Kier molecular flexibility index (Phi) is 7.42. The highest BCUT2D eigenvalue weighted by Gasteiger charge is 2.52. The standard InChI is InChI=1S/C30H33N5O3/c1-3-32-21-27(36)34-26(35(32)30(38)31-19-23-13-7-4-8-14-23)20-33(22(2)24-15-9-5-10-16-24)29(37)28(34)25-17-11-6-12-18-25/h4-18,22,26,28H,3,19-21H2,1-2H3,(H,31,38)/t22-,26-,28-/m0/s1. The first kappa shape index (κ1) is 25.5. The highest BCUT2D eigenvalue weighted by atomic mass is 16.2. The van der Waals surface area contributed by atoms with Gasteiger partial charge in [0.05, 0.1) is 19.1 Å². The molecule has 4 amide bonds. The molecule has 3 aromatic rings. The molecule has 2 saturated heterocycles. The molecule has 8 heteroatoms. The Bertz CT molecular complexity index is 1270. The minimum Gasteiger partial charge on any atom is -0.333 e. The first-order valence-electron chi connectivity index (χ1n) is 13.1. The second-order valence-corrected chi connectivity index (χ2v) is 9.64. The average molecular weight is 512 g/mol. The second kappa shape index (κ2) is 11.1. The largest absolute Gasteiger partial charge is 0.334 e. The lowest BCUT2D eigenvalue weighted by molar-refractivity contribution is -0.192. The molecule has 0 bridgehead atoms. The number of hydrazine groups is 1. The topological polar surface area (TPSA) is 76.2 Å². The Labute approximate surface area is 223 Å². The number of amides is 4. The SMILES string of the molecule is CCN1CC(=O)N2[C@@H](c3ccccc3)C(=O)N([C@@H](C)c3ccccc3)C[C@@H]2N1C(=O)NCc1ccccc1. The lowest BCUT2D eigenvalue weighted by Gasteiger charge is -2.55. The molecule has 8 nitrogen and oxygen atoms in total. The number of fused-ring (bicyclic) bond motifs is 1. The normalized spacial score (nSPS) is 20.7. The van der Waals surface area contributed by atoms with Crippen molar-refractivity contribution in [3.05, 3.63) is 108 Å². The van der Waals surface area contributed by atoms with Gasteiger partial charge in [-0.05, 0) is 23.6 Å². The van der Waals surface area contributed by atoms with Crippen molar-refractivity contribution in [1.29, 1.82) is 0 Å². The number of hydrogen-bond donors (Lipinski definition) is 1. The van der Waals surface area contributed by atoms with Crippen molar-refractivity contribution >= 4 is 17.8 Å². The number of piperazine rings is 1. The highest BCUT2D eigenvalue weighted by molar-refractivity contribution is 5.92. The summed E-state index contributed by atoms with van der Waals surface area (Å²) in [5, 5.41) is 6.43. The average Bonchev–Trinajstić information content (AvgIpc) is 2.96. The van der Waals surface area contributed by atoms with Crippen LogP contribution in [0.5, 0.6) is 0 Å². The Morgan fingerprint density at radius 3 is 2.16 bits per heavy atom. The van der Waals surface area contributed by atoms with Gasteiger partial charge in [0.25, 0.3) is 5.91 Å². The number of benzene rings is 3. The summed E-state index contributed by atoms with van der Waals surface area (Å²) in [5.74, 6) is -0.315. The Hall–Kier alpha value is -4.17. The van der Waals surface area contributed by atoms with E-state index in [0.29, 0.717) is 13.1 Å². The molecular formula is C30H33N5O3. The minimum atomic E-state index is -0.822. The zero-order valence-corrected chi connectivity index (χ0v) is 21.7. The molecule has 2 aliphatic heterocycles. The van der Waals surface area contributed by atoms with Crippen LogP contribution in [0.1, 0.15) is 42.6 Å².